The van der Waals surface area contributed by atoms with Crippen LogP contribution in [-0.2, 0) is 9.59 Å². The molecule has 0 bridgehead atoms. The van der Waals surface area contributed by atoms with Gasteiger partial charge in [0, 0.05) is 27.1 Å². The summed E-state index contributed by atoms with van der Waals surface area (Å²) in [5.74, 6) is 0.261. The number of nitrogens with zero attached hydrogens (tertiary/aromatic N) is 2. The van der Waals surface area contributed by atoms with Gasteiger partial charge in [0.1, 0.15) is 0 Å². The van der Waals surface area contributed by atoms with E-state index in [2.05, 4.69) is 0 Å². The van der Waals surface area contributed by atoms with Gasteiger partial charge < -0.3 is 9.80 Å². The third-order valence-electron chi connectivity index (χ3n) is 2.95. The predicted molar refractivity (Wildman–Crippen MR) is 58.3 cm³/mol. The quantitative estimate of drug-likeness (QED) is 0.691. The van der Waals surface area contributed by atoms with Crippen LogP contribution in [0.4, 0.5) is 0 Å². The molecule has 0 atom stereocenters. The normalized spacial score (nSPS) is 16.5. The summed E-state index contributed by atoms with van der Waals surface area (Å²) in [6.07, 6.45) is 4.26. The molecule has 0 radical (unpaired) electrons. The number of carbonyl (C=O) groups excluding carboxylic acids is 2. The summed E-state index contributed by atoms with van der Waals surface area (Å²) < 4.78 is 0. The molecule has 4 nitrogen and oxygen atoms in total. The van der Waals surface area contributed by atoms with E-state index in [-0.39, 0.29) is 24.3 Å². The molecule has 1 rings (SSSR count). The smallest absolute Gasteiger partial charge is 0.241 e. The van der Waals surface area contributed by atoms with Crippen LogP contribution in [0.2, 0.25) is 0 Å². The molecular weight excluding hydrogens is 192 g/mol. The second-order valence-corrected chi connectivity index (χ2v) is 4.46. The molecule has 0 unspecified atom stereocenters. The van der Waals surface area contributed by atoms with Crippen LogP contribution >= 0.6 is 0 Å². The molecule has 1 saturated carbocycles. The van der Waals surface area contributed by atoms with Gasteiger partial charge in [-0.25, -0.2) is 0 Å². The van der Waals surface area contributed by atoms with Crippen LogP contribution in [0.1, 0.15) is 25.7 Å². The first-order chi connectivity index (χ1) is 7.02. The zero-order chi connectivity index (χ0) is 11.4. The molecule has 0 spiro atoms. The number of carbonyl (C=O) groups is 2. The van der Waals surface area contributed by atoms with Gasteiger partial charge in [0.15, 0.2) is 0 Å². The molecule has 0 aromatic heterocycles. The Morgan fingerprint density at radius 2 is 1.67 bits per heavy atom. The van der Waals surface area contributed by atoms with E-state index in [1.807, 2.05) is 0 Å². The molecule has 0 aliphatic heterocycles. The molecule has 4 heteroatoms. The minimum atomic E-state index is -0.0242. The van der Waals surface area contributed by atoms with E-state index >= 15 is 0 Å². The standard InChI is InChI=1S/C11H20N2O2/c1-12(2)10(14)8-13(3)11(15)9-6-4-5-7-9/h9H,4-8H2,1-3H3. The highest BCUT2D eigenvalue weighted by molar-refractivity contribution is 5.85. The first kappa shape index (κ1) is 12.0. The second-order valence-electron chi connectivity index (χ2n) is 4.46. The summed E-state index contributed by atoms with van der Waals surface area (Å²) in [5, 5.41) is 0. The number of likely N-dealkylation sites (N-methyl/N-ethyl adjacent to an activating group) is 2. The van der Waals surface area contributed by atoms with Crippen molar-refractivity contribution in [3.8, 4) is 0 Å². The Morgan fingerprint density at radius 1 is 1.13 bits per heavy atom. The minimum absolute atomic E-state index is 0.0242. The van der Waals surface area contributed by atoms with E-state index in [9.17, 15) is 9.59 Å². The van der Waals surface area contributed by atoms with Gasteiger partial charge in [-0.1, -0.05) is 12.8 Å². The van der Waals surface area contributed by atoms with Crippen LogP contribution in [0.25, 0.3) is 0 Å². The fraction of sp³-hybridized carbons (Fsp3) is 0.818. The van der Waals surface area contributed by atoms with E-state index in [1.165, 1.54) is 4.90 Å². The maximum atomic E-state index is 11.9. The van der Waals surface area contributed by atoms with Crippen molar-refractivity contribution in [2.45, 2.75) is 25.7 Å². The van der Waals surface area contributed by atoms with Crippen molar-refractivity contribution in [3.63, 3.8) is 0 Å². The van der Waals surface area contributed by atoms with Crippen LogP contribution in [0.5, 0.6) is 0 Å². The fourth-order valence-corrected chi connectivity index (χ4v) is 1.91. The average molecular weight is 212 g/mol. The summed E-state index contributed by atoms with van der Waals surface area (Å²) in [6.45, 7) is 0.197. The van der Waals surface area contributed by atoms with Crippen molar-refractivity contribution >= 4 is 11.8 Å². The lowest BCUT2D eigenvalue weighted by Gasteiger charge is -2.22. The largest absolute Gasteiger partial charge is 0.347 e. The van der Waals surface area contributed by atoms with Crippen molar-refractivity contribution in [1.29, 1.82) is 0 Å². The van der Waals surface area contributed by atoms with E-state index < -0.39 is 0 Å². The summed E-state index contributed by atoms with van der Waals surface area (Å²) >= 11 is 0. The topological polar surface area (TPSA) is 40.6 Å². The molecule has 15 heavy (non-hydrogen) atoms. The van der Waals surface area contributed by atoms with E-state index in [0.717, 1.165) is 25.7 Å². The number of hydrogen-bond donors (Lipinski definition) is 0. The first-order valence-electron chi connectivity index (χ1n) is 5.47. The van der Waals surface area contributed by atoms with Crippen molar-refractivity contribution in [1.82, 2.24) is 9.80 Å². The van der Waals surface area contributed by atoms with E-state index in [4.69, 9.17) is 0 Å². The summed E-state index contributed by atoms with van der Waals surface area (Å²) in [6, 6.07) is 0. The maximum Gasteiger partial charge on any atom is 0.241 e. The monoisotopic (exact) mass is 212 g/mol. The van der Waals surface area contributed by atoms with Crippen LogP contribution in [0.15, 0.2) is 0 Å². The van der Waals surface area contributed by atoms with Gasteiger partial charge in [0.05, 0.1) is 6.54 Å². The molecule has 0 aromatic rings. The van der Waals surface area contributed by atoms with E-state index in [1.54, 1.807) is 26.0 Å². The summed E-state index contributed by atoms with van der Waals surface area (Å²) in [5.41, 5.74) is 0. The van der Waals surface area contributed by atoms with Gasteiger partial charge in [0.2, 0.25) is 11.8 Å². The van der Waals surface area contributed by atoms with Gasteiger partial charge in [-0.2, -0.15) is 0 Å². The highest BCUT2D eigenvalue weighted by atomic mass is 16.2. The van der Waals surface area contributed by atoms with Gasteiger partial charge in [-0.05, 0) is 12.8 Å². The first-order valence-corrected chi connectivity index (χ1v) is 5.47. The summed E-state index contributed by atoms with van der Waals surface area (Å²) in [7, 11) is 5.12. The lowest BCUT2D eigenvalue weighted by molar-refractivity contribution is -0.140. The number of hydrogen-bond acceptors (Lipinski definition) is 2. The molecule has 1 fully saturated rings. The number of rotatable bonds is 3. The van der Waals surface area contributed by atoms with Crippen molar-refractivity contribution in [3.05, 3.63) is 0 Å². The molecule has 1 aliphatic carbocycles. The maximum absolute atomic E-state index is 11.9. The Balaban J connectivity index is 2.42. The molecule has 0 aromatic carbocycles. The zero-order valence-electron chi connectivity index (χ0n) is 9.82. The molecule has 0 saturated heterocycles. The van der Waals surface area contributed by atoms with Crippen LogP contribution in [0.3, 0.4) is 0 Å². The van der Waals surface area contributed by atoms with E-state index in [0.29, 0.717) is 0 Å². The third kappa shape index (κ3) is 3.22. The highest BCUT2D eigenvalue weighted by Crippen LogP contribution is 2.26. The SMILES string of the molecule is CN(C)C(=O)CN(C)C(=O)C1CCCC1. The Labute approximate surface area is 91.2 Å². The van der Waals surface area contributed by atoms with Crippen LogP contribution in [0, 0.1) is 5.92 Å². The van der Waals surface area contributed by atoms with Gasteiger partial charge in [0.25, 0.3) is 0 Å². The lowest BCUT2D eigenvalue weighted by Crippen LogP contribution is -2.40. The zero-order valence-corrected chi connectivity index (χ0v) is 9.82. The average Bonchev–Trinajstić information content (AvgIpc) is 2.68. The Kier molecular flexibility index (Phi) is 4.12. The highest BCUT2D eigenvalue weighted by Gasteiger charge is 2.26. The Bertz CT molecular complexity index is 245. The summed E-state index contributed by atoms with van der Waals surface area (Å²) in [4.78, 5) is 26.3. The van der Waals surface area contributed by atoms with Crippen LogP contribution < -0.4 is 0 Å². The predicted octanol–water partition coefficient (Wildman–Crippen LogP) is 0.723. The van der Waals surface area contributed by atoms with Crippen LogP contribution in [-0.4, -0.2) is 49.3 Å². The molecular formula is C11H20N2O2. The third-order valence-corrected chi connectivity index (χ3v) is 2.95. The molecule has 0 N–H and O–H groups in total. The van der Waals surface area contributed by atoms with Crippen molar-refractivity contribution in [2.24, 2.45) is 5.92 Å². The van der Waals surface area contributed by atoms with Gasteiger partial charge in [-0.3, -0.25) is 9.59 Å². The molecule has 1 aliphatic rings. The van der Waals surface area contributed by atoms with Gasteiger partial charge >= 0.3 is 0 Å². The van der Waals surface area contributed by atoms with Crippen molar-refractivity contribution in [2.75, 3.05) is 27.7 Å². The molecule has 86 valence electrons. The number of amides is 2. The Hall–Kier alpha value is -1.06. The fourth-order valence-electron chi connectivity index (χ4n) is 1.91. The molecule has 2 amide bonds. The van der Waals surface area contributed by atoms with Crippen molar-refractivity contribution < 1.29 is 9.59 Å². The second kappa shape index (κ2) is 5.14. The minimum Gasteiger partial charge on any atom is -0.347 e. The van der Waals surface area contributed by atoms with Gasteiger partial charge in [-0.15, -0.1) is 0 Å². The molecule has 0 heterocycles. The lowest BCUT2D eigenvalue weighted by atomic mass is 10.1. The Morgan fingerprint density at radius 3 is 2.13 bits per heavy atom.